The van der Waals surface area contributed by atoms with Gasteiger partial charge in [0.15, 0.2) is 11.5 Å². The lowest BCUT2D eigenvalue weighted by molar-refractivity contribution is 0.185. The predicted octanol–water partition coefficient (Wildman–Crippen LogP) is 3.05. The fourth-order valence-electron chi connectivity index (χ4n) is 3.52. The smallest absolute Gasteiger partial charge is 0.161 e. The first-order valence-corrected chi connectivity index (χ1v) is 8.56. The summed E-state index contributed by atoms with van der Waals surface area (Å²) in [5.74, 6) is 1.37. The summed E-state index contributed by atoms with van der Waals surface area (Å²) in [6.45, 7) is 2.30. The number of aromatic nitrogens is 2. The maximum Gasteiger partial charge on any atom is 0.161 e. The Balaban J connectivity index is 1.70. The van der Waals surface area contributed by atoms with Gasteiger partial charge in [-0.2, -0.15) is 0 Å². The van der Waals surface area contributed by atoms with E-state index in [0.717, 1.165) is 30.7 Å². The lowest BCUT2D eigenvalue weighted by atomic mass is 9.97. The third-order valence-corrected chi connectivity index (χ3v) is 4.81. The Kier molecular flexibility index (Phi) is 4.34. The van der Waals surface area contributed by atoms with Gasteiger partial charge in [-0.15, -0.1) is 0 Å². The number of nitrogens with zero attached hydrogens (tertiary/aromatic N) is 3. The van der Waals surface area contributed by atoms with Crippen LogP contribution in [0.25, 0.3) is 10.9 Å². The topological polar surface area (TPSA) is 67.7 Å². The van der Waals surface area contributed by atoms with E-state index in [0.29, 0.717) is 17.9 Å². The van der Waals surface area contributed by atoms with Gasteiger partial charge in [-0.05, 0) is 29.2 Å². The number of hydrogen-bond donors (Lipinski definition) is 1. The van der Waals surface area contributed by atoms with Crippen molar-refractivity contribution < 1.29 is 14.6 Å². The molecule has 4 rings (SSSR count). The van der Waals surface area contributed by atoms with Crippen LogP contribution >= 0.6 is 0 Å². The standard InChI is InChI=1S/C20H21N3O3/c1-25-11-13-3-4-15-10-23(6-5-14(15)7-13)20-16-8-19(26-2)18(24)9-17(16)21-12-22-20/h3-4,7-9,12,24H,5-6,10-11H2,1-2H3. The second-order valence-corrected chi connectivity index (χ2v) is 6.45. The average Bonchev–Trinajstić information content (AvgIpc) is 2.66. The molecule has 0 bridgehead atoms. The number of anilines is 1. The molecule has 1 aliphatic rings. The van der Waals surface area contributed by atoms with Gasteiger partial charge in [0.2, 0.25) is 0 Å². The third kappa shape index (κ3) is 2.93. The van der Waals surface area contributed by atoms with Crippen LogP contribution in [-0.2, 0) is 24.3 Å². The van der Waals surface area contributed by atoms with Gasteiger partial charge in [-0.25, -0.2) is 9.97 Å². The molecule has 0 radical (unpaired) electrons. The number of hydrogen-bond acceptors (Lipinski definition) is 6. The molecule has 0 aliphatic carbocycles. The van der Waals surface area contributed by atoms with Crippen LogP contribution in [0.4, 0.5) is 5.82 Å². The average molecular weight is 351 g/mol. The van der Waals surface area contributed by atoms with Crippen molar-refractivity contribution in [3.8, 4) is 11.5 Å². The van der Waals surface area contributed by atoms with Crippen LogP contribution in [0.5, 0.6) is 11.5 Å². The minimum atomic E-state index is 0.0827. The van der Waals surface area contributed by atoms with Gasteiger partial charge in [-0.3, -0.25) is 0 Å². The summed E-state index contributed by atoms with van der Waals surface area (Å²) in [6.07, 6.45) is 2.49. The maximum atomic E-state index is 10.0. The molecule has 0 fully saturated rings. The van der Waals surface area contributed by atoms with Gasteiger partial charge in [0.05, 0.1) is 19.2 Å². The van der Waals surface area contributed by atoms with Crippen LogP contribution in [0.3, 0.4) is 0 Å². The SMILES string of the molecule is COCc1ccc2c(c1)CCN(c1ncnc3cc(O)c(OC)cc13)C2. The van der Waals surface area contributed by atoms with Crippen molar-refractivity contribution in [3.63, 3.8) is 0 Å². The van der Waals surface area contributed by atoms with Crippen LogP contribution in [-0.4, -0.2) is 35.8 Å². The molecule has 0 unspecified atom stereocenters. The van der Waals surface area contributed by atoms with Gasteiger partial charge < -0.3 is 19.5 Å². The molecule has 26 heavy (non-hydrogen) atoms. The molecule has 0 saturated carbocycles. The van der Waals surface area contributed by atoms with E-state index in [2.05, 4.69) is 33.1 Å². The quantitative estimate of drug-likeness (QED) is 0.779. The summed E-state index contributed by atoms with van der Waals surface area (Å²) >= 11 is 0. The molecule has 134 valence electrons. The normalized spacial score (nSPS) is 13.7. The number of rotatable bonds is 4. The van der Waals surface area contributed by atoms with E-state index in [9.17, 15) is 5.11 Å². The molecule has 6 nitrogen and oxygen atoms in total. The number of aromatic hydroxyl groups is 1. The lowest BCUT2D eigenvalue weighted by Crippen LogP contribution is -2.31. The first-order valence-electron chi connectivity index (χ1n) is 8.56. The highest BCUT2D eigenvalue weighted by atomic mass is 16.5. The van der Waals surface area contributed by atoms with Gasteiger partial charge in [-0.1, -0.05) is 18.2 Å². The molecule has 6 heteroatoms. The minimum Gasteiger partial charge on any atom is -0.504 e. The fraction of sp³-hybridized carbons (Fsp3) is 0.300. The van der Waals surface area contributed by atoms with Crippen molar-refractivity contribution in [1.29, 1.82) is 0 Å². The van der Waals surface area contributed by atoms with Crippen LogP contribution in [0.2, 0.25) is 0 Å². The Bertz CT molecular complexity index is 958. The first kappa shape index (κ1) is 16.6. The van der Waals surface area contributed by atoms with Gasteiger partial charge in [0, 0.05) is 31.7 Å². The van der Waals surface area contributed by atoms with Crippen molar-refractivity contribution in [2.75, 3.05) is 25.7 Å². The maximum absolute atomic E-state index is 10.0. The summed E-state index contributed by atoms with van der Waals surface area (Å²) in [5, 5.41) is 10.9. The summed E-state index contributed by atoms with van der Waals surface area (Å²) in [5.41, 5.74) is 4.57. The number of phenolic OH excluding ortho intramolecular Hbond substituents is 1. The van der Waals surface area contributed by atoms with Crippen molar-refractivity contribution in [1.82, 2.24) is 9.97 Å². The third-order valence-electron chi connectivity index (χ3n) is 4.81. The number of benzene rings is 2. The molecule has 0 saturated heterocycles. The van der Waals surface area contributed by atoms with E-state index in [1.807, 2.05) is 0 Å². The fourth-order valence-corrected chi connectivity index (χ4v) is 3.52. The lowest BCUT2D eigenvalue weighted by Gasteiger charge is -2.30. The number of fused-ring (bicyclic) bond motifs is 2. The minimum absolute atomic E-state index is 0.0827. The first-order chi connectivity index (χ1) is 12.7. The van der Waals surface area contributed by atoms with Gasteiger partial charge >= 0.3 is 0 Å². The van der Waals surface area contributed by atoms with E-state index in [1.165, 1.54) is 16.7 Å². The highest BCUT2D eigenvalue weighted by Gasteiger charge is 2.20. The molecule has 0 atom stereocenters. The monoisotopic (exact) mass is 351 g/mol. The number of phenols is 1. The Labute approximate surface area is 152 Å². The zero-order valence-electron chi connectivity index (χ0n) is 14.9. The molecule has 3 aromatic rings. The van der Waals surface area contributed by atoms with Crippen LogP contribution in [0.15, 0.2) is 36.7 Å². The molecule has 1 N–H and O–H groups in total. The predicted molar refractivity (Wildman–Crippen MR) is 99.7 cm³/mol. The largest absolute Gasteiger partial charge is 0.504 e. The Morgan fingerprint density at radius 1 is 1.12 bits per heavy atom. The molecule has 2 heterocycles. The Morgan fingerprint density at radius 2 is 2.00 bits per heavy atom. The highest BCUT2D eigenvalue weighted by molar-refractivity contribution is 5.92. The van der Waals surface area contributed by atoms with E-state index < -0.39 is 0 Å². The van der Waals surface area contributed by atoms with E-state index in [-0.39, 0.29) is 5.75 Å². The van der Waals surface area contributed by atoms with Crippen molar-refractivity contribution in [2.45, 2.75) is 19.6 Å². The second kappa shape index (κ2) is 6.80. The van der Waals surface area contributed by atoms with Gasteiger partial charge in [0.1, 0.15) is 12.1 Å². The molecule has 0 spiro atoms. The van der Waals surface area contributed by atoms with Crippen LogP contribution in [0.1, 0.15) is 16.7 Å². The molecule has 1 aliphatic heterocycles. The molecular formula is C20H21N3O3. The van der Waals surface area contributed by atoms with Crippen LogP contribution in [0, 0.1) is 0 Å². The Hall–Kier alpha value is -2.86. The molecule has 2 aromatic carbocycles. The summed E-state index contributed by atoms with van der Waals surface area (Å²) in [4.78, 5) is 11.0. The number of ether oxygens (including phenoxy) is 2. The number of methoxy groups -OCH3 is 2. The summed E-state index contributed by atoms with van der Waals surface area (Å²) in [7, 11) is 3.26. The van der Waals surface area contributed by atoms with Crippen molar-refractivity contribution >= 4 is 16.7 Å². The zero-order valence-corrected chi connectivity index (χ0v) is 14.9. The molecule has 1 aromatic heterocycles. The van der Waals surface area contributed by atoms with E-state index in [4.69, 9.17) is 9.47 Å². The van der Waals surface area contributed by atoms with Gasteiger partial charge in [0.25, 0.3) is 0 Å². The van der Waals surface area contributed by atoms with Crippen molar-refractivity contribution in [2.24, 2.45) is 0 Å². The Morgan fingerprint density at radius 3 is 2.81 bits per heavy atom. The highest BCUT2D eigenvalue weighted by Crippen LogP contribution is 2.35. The van der Waals surface area contributed by atoms with Crippen LogP contribution < -0.4 is 9.64 Å². The zero-order chi connectivity index (χ0) is 18.1. The molecular weight excluding hydrogens is 330 g/mol. The van der Waals surface area contributed by atoms with E-state index in [1.54, 1.807) is 32.7 Å². The van der Waals surface area contributed by atoms with Crippen molar-refractivity contribution in [3.05, 3.63) is 53.3 Å². The van der Waals surface area contributed by atoms with E-state index >= 15 is 0 Å². The second-order valence-electron chi connectivity index (χ2n) is 6.45. The molecule has 0 amide bonds. The summed E-state index contributed by atoms with van der Waals surface area (Å²) < 4.78 is 10.5. The summed E-state index contributed by atoms with van der Waals surface area (Å²) in [6, 6.07) is 9.94.